The Balaban J connectivity index is 2.02. The molecule has 1 saturated heterocycles. The van der Waals surface area contributed by atoms with Crippen LogP contribution in [0.2, 0.25) is 0 Å². The predicted molar refractivity (Wildman–Crippen MR) is 78.2 cm³/mol. The van der Waals surface area contributed by atoms with Crippen LogP contribution in [0.25, 0.3) is 0 Å². The molecule has 1 aliphatic rings. The lowest BCUT2D eigenvalue weighted by Gasteiger charge is -2.27. The molecular formula is C15H21NO6. The molecule has 0 aromatic heterocycles. The Hall–Kier alpha value is -1.83. The topological polar surface area (TPSA) is 97.3 Å². The summed E-state index contributed by atoms with van der Waals surface area (Å²) < 4.78 is 15.9. The van der Waals surface area contributed by atoms with E-state index >= 15 is 0 Å². The molecule has 1 aromatic carbocycles. The Morgan fingerprint density at radius 3 is 2.95 bits per heavy atom. The summed E-state index contributed by atoms with van der Waals surface area (Å²) in [6, 6.07) is 4.71. The molecule has 3 N–H and O–H groups in total. The van der Waals surface area contributed by atoms with E-state index in [1.165, 1.54) is 13.2 Å². The average molecular weight is 311 g/mol. The van der Waals surface area contributed by atoms with Crippen molar-refractivity contribution >= 4 is 5.91 Å². The van der Waals surface area contributed by atoms with Gasteiger partial charge < -0.3 is 29.7 Å². The van der Waals surface area contributed by atoms with Gasteiger partial charge in [0.25, 0.3) is 5.91 Å². The summed E-state index contributed by atoms with van der Waals surface area (Å²) in [4.78, 5) is 12.2. The second-order valence-electron chi connectivity index (χ2n) is 5.10. The number of rotatable bonds is 7. The van der Waals surface area contributed by atoms with Crippen LogP contribution in [0, 0.1) is 0 Å². The fraction of sp³-hybridized carbons (Fsp3) is 0.533. The van der Waals surface area contributed by atoms with Gasteiger partial charge in [0.05, 0.1) is 32.5 Å². The van der Waals surface area contributed by atoms with E-state index in [1.54, 1.807) is 12.1 Å². The Kier molecular flexibility index (Phi) is 5.59. The van der Waals surface area contributed by atoms with Gasteiger partial charge in [0, 0.05) is 19.6 Å². The largest absolute Gasteiger partial charge is 0.504 e. The number of carbonyl (C=O) groups is 1. The van der Waals surface area contributed by atoms with Gasteiger partial charge in [-0.15, -0.1) is 0 Å². The number of para-hydroxylation sites is 1. The Morgan fingerprint density at radius 2 is 2.32 bits per heavy atom. The normalized spacial score (nSPS) is 20.8. The summed E-state index contributed by atoms with van der Waals surface area (Å²) >= 11 is 0. The molecule has 1 fully saturated rings. The van der Waals surface area contributed by atoms with Gasteiger partial charge >= 0.3 is 0 Å². The van der Waals surface area contributed by atoms with Crippen LogP contribution in [0.3, 0.4) is 0 Å². The molecule has 22 heavy (non-hydrogen) atoms. The summed E-state index contributed by atoms with van der Waals surface area (Å²) in [5, 5.41) is 21.6. The number of ether oxygens (including phenoxy) is 3. The molecule has 0 bridgehead atoms. The minimum atomic E-state index is -0.632. The standard InChI is InChI=1S/C15H21NO6/c1-20-12-4-2-3-11(13(12)18)14(19)16-9-15(22-8-6-17)5-7-21-10-15/h2-4,17-18H,5-10H2,1H3,(H,16,19). The highest BCUT2D eigenvalue weighted by molar-refractivity contribution is 5.97. The molecular weight excluding hydrogens is 290 g/mol. The van der Waals surface area contributed by atoms with Gasteiger partial charge in [0.2, 0.25) is 0 Å². The van der Waals surface area contributed by atoms with Crippen LogP contribution >= 0.6 is 0 Å². The minimum absolute atomic E-state index is 0.0909. The van der Waals surface area contributed by atoms with Crippen molar-refractivity contribution in [1.29, 1.82) is 0 Å². The van der Waals surface area contributed by atoms with Gasteiger partial charge in [-0.05, 0) is 12.1 Å². The van der Waals surface area contributed by atoms with Crippen molar-refractivity contribution < 1.29 is 29.2 Å². The van der Waals surface area contributed by atoms with Gasteiger partial charge in [-0.2, -0.15) is 0 Å². The highest BCUT2D eigenvalue weighted by Gasteiger charge is 2.36. The van der Waals surface area contributed by atoms with E-state index in [9.17, 15) is 9.90 Å². The summed E-state index contributed by atoms with van der Waals surface area (Å²) in [7, 11) is 1.42. The van der Waals surface area contributed by atoms with Gasteiger partial charge in [-0.3, -0.25) is 4.79 Å². The Bertz CT molecular complexity index is 513. The van der Waals surface area contributed by atoms with Crippen LogP contribution in [0.1, 0.15) is 16.8 Å². The van der Waals surface area contributed by atoms with Crippen molar-refractivity contribution in [3.05, 3.63) is 23.8 Å². The van der Waals surface area contributed by atoms with Crippen molar-refractivity contribution in [2.45, 2.75) is 12.0 Å². The van der Waals surface area contributed by atoms with Crippen LogP contribution in [0.15, 0.2) is 18.2 Å². The minimum Gasteiger partial charge on any atom is -0.504 e. The first kappa shape index (κ1) is 16.5. The Labute approximate surface area is 128 Å². The molecule has 122 valence electrons. The predicted octanol–water partition coefficient (Wildman–Crippen LogP) is 0.299. The lowest BCUT2D eigenvalue weighted by atomic mass is 10.0. The maximum Gasteiger partial charge on any atom is 0.255 e. The number of phenolic OH excluding ortho intramolecular Hbond substituents is 1. The van der Waals surface area contributed by atoms with Crippen LogP contribution in [0.4, 0.5) is 0 Å². The summed E-state index contributed by atoms with van der Waals surface area (Å²) in [5.74, 6) is -0.381. The average Bonchev–Trinajstić information content (AvgIpc) is 3.00. The summed E-state index contributed by atoms with van der Waals surface area (Å²) in [6.07, 6.45) is 0.636. The number of nitrogens with one attached hydrogen (secondary N) is 1. The molecule has 7 nitrogen and oxygen atoms in total. The first-order valence-electron chi connectivity index (χ1n) is 7.08. The Morgan fingerprint density at radius 1 is 1.50 bits per heavy atom. The van der Waals surface area contributed by atoms with Crippen molar-refractivity contribution in [1.82, 2.24) is 5.32 Å². The van der Waals surface area contributed by atoms with E-state index in [2.05, 4.69) is 5.32 Å². The highest BCUT2D eigenvalue weighted by Crippen LogP contribution is 2.29. The van der Waals surface area contributed by atoms with Crippen LogP contribution in [-0.4, -0.2) is 61.8 Å². The van der Waals surface area contributed by atoms with Gasteiger partial charge in [0.1, 0.15) is 5.60 Å². The molecule has 0 aliphatic carbocycles. The number of amides is 1. The number of hydrogen-bond donors (Lipinski definition) is 3. The number of benzene rings is 1. The number of aliphatic hydroxyl groups excluding tert-OH is 1. The molecule has 0 saturated carbocycles. The van der Waals surface area contributed by atoms with E-state index < -0.39 is 11.5 Å². The molecule has 1 heterocycles. The first-order valence-corrected chi connectivity index (χ1v) is 7.08. The lowest BCUT2D eigenvalue weighted by molar-refractivity contribution is -0.0582. The number of hydrogen-bond acceptors (Lipinski definition) is 6. The second kappa shape index (κ2) is 7.44. The van der Waals surface area contributed by atoms with E-state index in [-0.39, 0.29) is 36.8 Å². The quantitative estimate of drug-likeness (QED) is 0.670. The monoisotopic (exact) mass is 311 g/mol. The van der Waals surface area contributed by atoms with E-state index in [4.69, 9.17) is 19.3 Å². The van der Waals surface area contributed by atoms with Gasteiger partial charge in [0.15, 0.2) is 11.5 Å². The van der Waals surface area contributed by atoms with Crippen LogP contribution < -0.4 is 10.1 Å². The molecule has 0 spiro atoms. The molecule has 7 heteroatoms. The molecule has 1 atom stereocenters. The molecule has 1 unspecified atom stereocenters. The fourth-order valence-electron chi connectivity index (χ4n) is 2.36. The smallest absolute Gasteiger partial charge is 0.255 e. The molecule has 2 rings (SSSR count). The number of methoxy groups -OCH3 is 1. The first-order chi connectivity index (χ1) is 10.6. The molecule has 0 radical (unpaired) electrons. The van der Waals surface area contributed by atoms with E-state index in [1.807, 2.05) is 0 Å². The second-order valence-corrected chi connectivity index (χ2v) is 5.10. The molecule has 1 aromatic rings. The van der Waals surface area contributed by atoms with E-state index in [0.29, 0.717) is 19.6 Å². The van der Waals surface area contributed by atoms with Crippen molar-refractivity contribution in [2.24, 2.45) is 0 Å². The maximum absolute atomic E-state index is 12.2. The zero-order chi connectivity index (χ0) is 16.0. The molecule has 1 aliphatic heterocycles. The van der Waals surface area contributed by atoms with Crippen molar-refractivity contribution in [3.8, 4) is 11.5 Å². The number of aromatic hydroxyl groups is 1. The van der Waals surface area contributed by atoms with Crippen molar-refractivity contribution in [3.63, 3.8) is 0 Å². The van der Waals surface area contributed by atoms with Gasteiger partial charge in [-0.25, -0.2) is 0 Å². The molecule has 1 amide bonds. The lowest BCUT2D eigenvalue weighted by Crippen LogP contribution is -2.46. The van der Waals surface area contributed by atoms with Gasteiger partial charge in [-0.1, -0.05) is 6.07 Å². The third kappa shape index (κ3) is 3.68. The zero-order valence-electron chi connectivity index (χ0n) is 12.5. The number of phenols is 1. The maximum atomic E-state index is 12.2. The van der Waals surface area contributed by atoms with E-state index in [0.717, 1.165) is 0 Å². The number of carbonyl (C=O) groups excluding carboxylic acids is 1. The van der Waals surface area contributed by atoms with Crippen LogP contribution in [0.5, 0.6) is 11.5 Å². The fourth-order valence-corrected chi connectivity index (χ4v) is 2.36. The number of aliphatic hydroxyl groups is 1. The third-order valence-corrected chi connectivity index (χ3v) is 3.60. The summed E-state index contributed by atoms with van der Waals surface area (Å²) in [6.45, 7) is 1.24. The zero-order valence-corrected chi connectivity index (χ0v) is 12.5. The summed E-state index contributed by atoms with van der Waals surface area (Å²) in [5.41, 5.74) is -0.497. The third-order valence-electron chi connectivity index (χ3n) is 3.60. The highest BCUT2D eigenvalue weighted by atomic mass is 16.6. The SMILES string of the molecule is COc1cccc(C(=O)NCC2(OCCO)CCOC2)c1O. The van der Waals surface area contributed by atoms with Crippen molar-refractivity contribution in [2.75, 3.05) is 40.1 Å². The van der Waals surface area contributed by atoms with Crippen LogP contribution in [-0.2, 0) is 9.47 Å².